The van der Waals surface area contributed by atoms with Gasteiger partial charge in [0, 0.05) is 28.1 Å². The third-order valence-corrected chi connectivity index (χ3v) is 1.000. The molecule has 0 atom stereocenters. The standard InChI is InChI=1S/C3H7NO2.C3H7NO.C2H7N3.CH4/c1-4-3(5)6-2;1-3(5)4-2;1-5-2(3)4;/h1-2H3,(H,4,5);1-2H3,(H,4,5);1H3,(H4,3,4,5);1H4. The molecule has 0 radical (unpaired) electrons. The van der Waals surface area contributed by atoms with Crippen LogP contribution >= 0.6 is 0 Å². The minimum absolute atomic E-state index is 0. The van der Waals surface area contributed by atoms with E-state index in [2.05, 4.69) is 20.4 Å². The van der Waals surface area contributed by atoms with Gasteiger partial charge in [0.25, 0.3) is 0 Å². The van der Waals surface area contributed by atoms with Gasteiger partial charge in [-0.25, -0.2) is 4.79 Å². The van der Waals surface area contributed by atoms with Crippen molar-refractivity contribution in [1.82, 2.24) is 10.6 Å². The van der Waals surface area contributed by atoms with Crippen molar-refractivity contribution in [2.24, 2.45) is 16.5 Å². The number of nitrogens with one attached hydrogen (secondary N) is 2. The molecule has 0 aromatic carbocycles. The Kier molecular flexibility index (Phi) is 28.0. The molecule has 8 heteroatoms. The van der Waals surface area contributed by atoms with Crippen molar-refractivity contribution in [1.29, 1.82) is 0 Å². The molecule has 17 heavy (non-hydrogen) atoms. The molecule has 0 fully saturated rings. The molecule has 0 aromatic rings. The molecular formula is C9H25N5O3. The first kappa shape index (κ1) is 24.3. The number of guanidine groups is 1. The highest BCUT2D eigenvalue weighted by Gasteiger charge is 1.85. The van der Waals surface area contributed by atoms with Crippen LogP contribution < -0.4 is 22.1 Å². The van der Waals surface area contributed by atoms with Crippen molar-refractivity contribution in [2.45, 2.75) is 14.4 Å². The van der Waals surface area contributed by atoms with E-state index in [4.69, 9.17) is 11.5 Å². The number of carbonyl (C=O) groups is 2. The quantitative estimate of drug-likeness (QED) is 0.332. The maximum Gasteiger partial charge on any atom is 0.406 e. The van der Waals surface area contributed by atoms with Crippen molar-refractivity contribution >= 4 is 18.0 Å². The number of aliphatic imine (C=N–C) groups is 1. The molecule has 0 spiro atoms. The average molecular weight is 251 g/mol. The summed E-state index contributed by atoms with van der Waals surface area (Å²) in [5.41, 5.74) is 9.64. The molecule has 0 saturated carbocycles. The largest absolute Gasteiger partial charge is 0.453 e. The van der Waals surface area contributed by atoms with E-state index in [1.165, 1.54) is 28.1 Å². The fourth-order valence-electron chi connectivity index (χ4n) is 0.102. The van der Waals surface area contributed by atoms with Crippen LogP contribution in [0.1, 0.15) is 14.4 Å². The van der Waals surface area contributed by atoms with E-state index in [1.54, 1.807) is 7.05 Å². The van der Waals surface area contributed by atoms with Crippen molar-refractivity contribution in [3.05, 3.63) is 0 Å². The monoisotopic (exact) mass is 251 g/mol. The zero-order valence-electron chi connectivity index (χ0n) is 10.3. The van der Waals surface area contributed by atoms with Gasteiger partial charge in [-0.15, -0.1) is 0 Å². The van der Waals surface area contributed by atoms with Gasteiger partial charge in [0.1, 0.15) is 0 Å². The average Bonchev–Trinajstić information content (AvgIpc) is 2.29. The summed E-state index contributed by atoms with van der Waals surface area (Å²) in [6.45, 7) is 1.47. The molecular weight excluding hydrogens is 226 g/mol. The Morgan fingerprint density at radius 3 is 1.47 bits per heavy atom. The van der Waals surface area contributed by atoms with Crippen molar-refractivity contribution in [3.63, 3.8) is 0 Å². The predicted octanol–water partition coefficient (Wildman–Crippen LogP) is -0.750. The van der Waals surface area contributed by atoms with Crippen LogP contribution in [0.5, 0.6) is 0 Å². The summed E-state index contributed by atoms with van der Waals surface area (Å²) in [4.78, 5) is 22.9. The molecule has 0 aliphatic carbocycles. The second-order valence-corrected chi connectivity index (χ2v) is 2.20. The van der Waals surface area contributed by atoms with E-state index >= 15 is 0 Å². The van der Waals surface area contributed by atoms with Gasteiger partial charge in [0.05, 0.1) is 7.11 Å². The van der Waals surface area contributed by atoms with E-state index in [0.717, 1.165) is 0 Å². The summed E-state index contributed by atoms with van der Waals surface area (Å²) in [6.07, 6.45) is -0.407. The van der Waals surface area contributed by atoms with Gasteiger partial charge in [0.2, 0.25) is 5.91 Å². The zero-order chi connectivity index (χ0) is 13.6. The summed E-state index contributed by atoms with van der Waals surface area (Å²) in [7, 11) is 5.96. The third kappa shape index (κ3) is 55.9. The highest BCUT2D eigenvalue weighted by Crippen LogP contribution is 1.62. The minimum atomic E-state index is -0.407. The molecule has 2 amide bonds. The molecule has 0 saturated heterocycles. The normalized spacial score (nSPS) is 6.41. The number of hydrogen-bond acceptors (Lipinski definition) is 4. The third-order valence-electron chi connectivity index (χ3n) is 1.000. The number of ether oxygens (including phenoxy) is 1. The van der Waals surface area contributed by atoms with Crippen LogP contribution in [0.2, 0.25) is 0 Å². The Morgan fingerprint density at radius 1 is 1.18 bits per heavy atom. The van der Waals surface area contributed by atoms with Gasteiger partial charge in [-0.3, -0.25) is 9.79 Å². The second-order valence-electron chi connectivity index (χ2n) is 2.20. The molecule has 0 bridgehead atoms. The molecule has 0 unspecified atom stereocenters. The second kappa shape index (κ2) is 19.6. The fourth-order valence-corrected chi connectivity index (χ4v) is 0.102. The molecule has 0 aliphatic heterocycles. The van der Waals surface area contributed by atoms with Gasteiger partial charge in [-0.2, -0.15) is 0 Å². The molecule has 6 N–H and O–H groups in total. The molecule has 0 aliphatic rings. The maximum atomic E-state index is 9.85. The Bertz CT molecular complexity index is 209. The summed E-state index contributed by atoms with van der Waals surface area (Å²) in [5.74, 6) is 0.134. The number of methoxy groups -OCH3 is 1. The highest BCUT2D eigenvalue weighted by molar-refractivity contribution is 5.75. The van der Waals surface area contributed by atoms with Gasteiger partial charge in [-0.05, 0) is 0 Å². The first-order valence-electron chi connectivity index (χ1n) is 4.27. The molecule has 8 nitrogen and oxygen atoms in total. The lowest BCUT2D eigenvalue weighted by Gasteiger charge is -1.90. The van der Waals surface area contributed by atoms with E-state index in [1.807, 2.05) is 0 Å². The topological polar surface area (TPSA) is 132 Å². The number of amides is 2. The Morgan fingerprint density at radius 2 is 1.47 bits per heavy atom. The Balaban J connectivity index is -0.0000000729. The minimum Gasteiger partial charge on any atom is -0.453 e. The van der Waals surface area contributed by atoms with Crippen molar-refractivity contribution in [3.8, 4) is 0 Å². The maximum absolute atomic E-state index is 9.85. The number of carbonyl (C=O) groups excluding carboxylic acids is 2. The number of alkyl carbamates (subject to hydrolysis) is 1. The van der Waals surface area contributed by atoms with Crippen LogP contribution in [0.3, 0.4) is 0 Å². The Hall–Kier alpha value is -1.99. The van der Waals surface area contributed by atoms with Crippen LogP contribution in [0.15, 0.2) is 4.99 Å². The predicted molar refractivity (Wildman–Crippen MR) is 69.7 cm³/mol. The van der Waals surface area contributed by atoms with Crippen molar-refractivity contribution < 1.29 is 14.3 Å². The summed E-state index contributed by atoms with van der Waals surface area (Å²) in [6, 6.07) is 0. The van der Waals surface area contributed by atoms with Crippen LogP contribution in [0, 0.1) is 0 Å². The lowest BCUT2D eigenvalue weighted by molar-refractivity contribution is -0.118. The van der Waals surface area contributed by atoms with E-state index in [-0.39, 0.29) is 19.3 Å². The van der Waals surface area contributed by atoms with Crippen LogP contribution in [0.4, 0.5) is 4.79 Å². The zero-order valence-corrected chi connectivity index (χ0v) is 10.3. The lowest BCUT2D eigenvalue weighted by atomic mass is 10.7. The number of hydrogen-bond donors (Lipinski definition) is 4. The van der Waals surface area contributed by atoms with Gasteiger partial charge in [-0.1, -0.05) is 7.43 Å². The molecule has 104 valence electrons. The number of rotatable bonds is 0. The number of nitrogens with two attached hydrogens (primary N) is 2. The fraction of sp³-hybridized carbons (Fsp3) is 0.667. The van der Waals surface area contributed by atoms with Gasteiger partial charge >= 0.3 is 6.09 Å². The van der Waals surface area contributed by atoms with E-state index in [0.29, 0.717) is 0 Å². The molecule has 0 aromatic heterocycles. The van der Waals surface area contributed by atoms with E-state index < -0.39 is 6.09 Å². The summed E-state index contributed by atoms with van der Waals surface area (Å²) >= 11 is 0. The first-order valence-corrected chi connectivity index (χ1v) is 4.27. The highest BCUT2D eigenvalue weighted by atomic mass is 16.5. The van der Waals surface area contributed by atoms with Crippen molar-refractivity contribution in [2.75, 3.05) is 28.3 Å². The van der Waals surface area contributed by atoms with Crippen LogP contribution in [-0.2, 0) is 9.53 Å². The Labute approximate surface area is 103 Å². The summed E-state index contributed by atoms with van der Waals surface area (Å²) in [5, 5.41) is 4.64. The molecule has 0 rings (SSSR count). The number of nitrogens with zero attached hydrogens (tertiary/aromatic N) is 1. The van der Waals surface area contributed by atoms with E-state index in [9.17, 15) is 9.59 Å². The summed E-state index contributed by atoms with van der Waals surface area (Å²) < 4.78 is 4.15. The van der Waals surface area contributed by atoms with Crippen LogP contribution in [-0.4, -0.2) is 46.2 Å². The first-order chi connectivity index (χ1) is 7.35. The molecule has 0 heterocycles. The van der Waals surface area contributed by atoms with Crippen LogP contribution in [0.25, 0.3) is 0 Å². The smallest absolute Gasteiger partial charge is 0.406 e. The SMILES string of the molecule is C.CN=C(N)N.CNC(=O)OC.CNC(C)=O. The van der Waals surface area contributed by atoms with Gasteiger partial charge < -0.3 is 26.8 Å². The lowest BCUT2D eigenvalue weighted by Crippen LogP contribution is -2.21. The van der Waals surface area contributed by atoms with Gasteiger partial charge in [0.15, 0.2) is 5.96 Å².